The summed E-state index contributed by atoms with van der Waals surface area (Å²) in [7, 11) is 0. The smallest absolute Gasteiger partial charge is 0.252 e. The third-order valence-corrected chi connectivity index (χ3v) is 6.83. The summed E-state index contributed by atoms with van der Waals surface area (Å²) in [6.45, 7) is 1.87. The van der Waals surface area contributed by atoms with Gasteiger partial charge in [0.05, 0.1) is 11.0 Å². The molecule has 0 spiro atoms. The summed E-state index contributed by atoms with van der Waals surface area (Å²) in [5.74, 6) is -4.30. The minimum Gasteiger partial charge on any atom is -0.332 e. The highest BCUT2D eigenvalue weighted by atomic mass is 79.9. The van der Waals surface area contributed by atoms with Crippen molar-refractivity contribution in [3.8, 4) is 0 Å². The molecule has 1 aliphatic rings. The Bertz CT molecular complexity index is 1450. The number of nitrogens with one attached hydrogen (secondary N) is 2. The minimum atomic E-state index is -1.04. The minimum absolute atomic E-state index is 0.00309. The average molecular weight is 576 g/mol. The fourth-order valence-corrected chi connectivity index (χ4v) is 4.92. The maximum Gasteiger partial charge on any atom is 0.252 e. The number of hydrogen-bond acceptors (Lipinski definition) is 4. The van der Waals surface area contributed by atoms with Crippen LogP contribution in [-0.4, -0.2) is 51.9 Å². The highest BCUT2D eigenvalue weighted by Crippen LogP contribution is 2.26. The van der Waals surface area contributed by atoms with Crippen molar-refractivity contribution in [2.24, 2.45) is 0 Å². The van der Waals surface area contributed by atoms with E-state index in [1.54, 1.807) is 18.2 Å². The lowest BCUT2D eigenvalue weighted by atomic mass is 10.1. The summed E-state index contributed by atoms with van der Waals surface area (Å²) in [5, 5.41) is 2.85. The molecule has 2 N–H and O–H groups in total. The molecule has 0 aliphatic carbocycles. The van der Waals surface area contributed by atoms with Crippen molar-refractivity contribution < 1.29 is 22.4 Å². The molecule has 1 aromatic heterocycles. The Kier molecular flexibility index (Phi) is 7.27. The van der Waals surface area contributed by atoms with Crippen LogP contribution in [-0.2, 0) is 6.54 Å². The van der Waals surface area contributed by atoms with Crippen LogP contribution in [0.1, 0.15) is 27.7 Å². The van der Waals surface area contributed by atoms with E-state index in [9.17, 15) is 22.4 Å². The molecule has 4 aromatic rings. The van der Waals surface area contributed by atoms with E-state index >= 15 is 0 Å². The van der Waals surface area contributed by atoms with Gasteiger partial charge in [0.2, 0.25) is 0 Å². The van der Waals surface area contributed by atoms with Crippen LogP contribution in [0, 0.1) is 23.3 Å². The maximum absolute atomic E-state index is 14.9. The fraction of sp³-hybridized carbons (Fsp3) is 0.231. The topological polar surface area (TPSA) is 64.3 Å². The zero-order valence-electron chi connectivity index (χ0n) is 19.4. The number of carbonyl (C=O) groups is 1. The van der Waals surface area contributed by atoms with Gasteiger partial charge in [-0.25, -0.2) is 22.5 Å². The van der Waals surface area contributed by atoms with Gasteiger partial charge in [-0.1, -0.05) is 24.3 Å². The van der Waals surface area contributed by atoms with Crippen LogP contribution in [0.3, 0.4) is 0 Å². The van der Waals surface area contributed by atoms with E-state index in [1.807, 2.05) is 9.80 Å². The van der Waals surface area contributed by atoms with Crippen LogP contribution in [0.25, 0.3) is 11.0 Å². The van der Waals surface area contributed by atoms with Crippen molar-refractivity contribution in [3.63, 3.8) is 0 Å². The molecule has 0 saturated carbocycles. The number of H-pyrrole nitrogens is 1. The molecule has 0 radical (unpaired) electrons. The zero-order valence-corrected chi connectivity index (χ0v) is 21.0. The van der Waals surface area contributed by atoms with Crippen LogP contribution < -0.4 is 5.32 Å². The second-order valence-corrected chi connectivity index (χ2v) is 9.55. The number of fused-ring (bicyclic) bond motifs is 1. The number of halogens is 5. The SMILES string of the molecule is O=C(NC(c1cccc(F)c1F)N1CCN(Cc2cccc(F)c2F)CC1)c1ccc2nc(Br)[nH]c2c1. The molecule has 2 heterocycles. The molecule has 0 bridgehead atoms. The predicted molar refractivity (Wildman–Crippen MR) is 134 cm³/mol. The molecule has 6 nitrogen and oxygen atoms in total. The second kappa shape index (κ2) is 10.6. The number of piperazine rings is 1. The normalized spacial score (nSPS) is 15.7. The Balaban J connectivity index is 1.35. The first-order chi connectivity index (χ1) is 17.8. The van der Waals surface area contributed by atoms with Crippen LogP contribution in [0.2, 0.25) is 0 Å². The number of imidazole rings is 1. The molecule has 11 heteroatoms. The Morgan fingerprint density at radius 3 is 2.43 bits per heavy atom. The largest absolute Gasteiger partial charge is 0.332 e. The van der Waals surface area contributed by atoms with Gasteiger partial charge in [0.15, 0.2) is 28.0 Å². The molecular weight excluding hydrogens is 554 g/mol. The summed E-state index contributed by atoms with van der Waals surface area (Å²) in [4.78, 5) is 24.2. The van der Waals surface area contributed by atoms with Gasteiger partial charge in [-0.15, -0.1) is 0 Å². The van der Waals surface area contributed by atoms with E-state index in [0.29, 0.717) is 47.5 Å². The molecule has 37 heavy (non-hydrogen) atoms. The van der Waals surface area contributed by atoms with Crippen LogP contribution in [0.15, 0.2) is 59.3 Å². The van der Waals surface area contributed by atoms with Gasteiger partial charge in [-0.3, -0.25) is 14.6 Å². The number of hydrogen-bond donors (Lipinski definition) is 2. The van der Waals surface area contributed by atoms with Gasteiger partial charge >= 0.3 is 0 Å². The quantitative estimate of drug-likeness (QED) is 0.313. The number of aromatic amines is 1. The maximum atomic E-state index is 14.9. The highest BCUT2D eigenvalue weighted by Gasteiger charge is 2.30. The molecule has 3 aromatic carbocycles. The van der Waals surface area contributed by atoms with E-state index in [2.05, 4.69) is 31.2 Å². The molecule has 1 saturated heterocycles. The van der Waals surface area contributed by atoms with Crippen molar-refractivity contribution in [1.82, 2.24) is 25.1 Å². The third kappa shape index (κ3) is 5.39. The number of nitrogens with zero attached hydrogens (tertiary/aromatic N) is 3. The van der Waals surface area contributed by atoms with Gasteiger partial charge in [0.1, 0.15) is 6.17 Å². The molecule has 1 amide bonds. The lowest BCUT2D eigenvalue weighted by molar-refractivity contribution is 0.0630. The first-order valence-corrected chi connectivity index (χ1v) is 12.4. The first-order valence-electron chi connectivity index (χ1n) is 11.6. The summed E-state index contributed by atoms with van der Waals surface area (Å²) in [6, 6.07) is 12.8. The highest BCUT2D eigenvalue weighted by molar-refractivity contribution is 9.10. The number of rotatable bonds is 6. The summed E-state index contributed by atoms with van der Waals surface area (Å²) in [6.07, 6.45) is -0.944. The van der Waals surface area contributed by atoms with E-state index in [1.165, 1.54) is 24.3 Å². The lowest BCUT2D eigenvalue weighted by Gasteiger charge is -2.39. The van der Waals surface area contributed by atoms with Gasteiger partial charge < -0.3 is 10.3 Å². The van der Waals surface area contributed by atoms with E-state index < -0.39 is 35.3 Å². The van der Waals surface area contributed by atoms with Gasteiger partial charge in [-0.05, 0) is 46.3 Å². The van der Waals surface area contributed by atoms with Crippen molar-refractivity contribution >= 4 is 32.9 Å². The molecule has 1 unspecified atom stereocenters. The number of carbonyl (C=O) groups excluding carboxylic acids is 1. The standard InChI is InChI=1S/C26H22BrF4N5O/c27-26-32-20-8-7-15(13-21(20)33-26)25(37)34-24(17-4-2-6-19(29)23(17)31)36-11-9-35(10-12-36)14-16-3-1-5-18(28)22(16)30/h1-8,13,24H,9-12,14H2,(H,32,33)(H,34,37). The lowest BCUT2D eigenvalue weighted by Crippen LogP contribution is -2.51. The zero-order chi connectivity index (χ0) is 26.1. The summed E-state index contributed by atoms with van der Waals surface area (Å²) in [5.41, 5.74) is 1.89. The van der Waals surface area contributed by atoms with Crippen molar-refractivity contribution in [2.45, 2.75) is 12.7 Å². The van der Waals surface area contributed by atoms with Gasteiger partial charge in [0.25, 0.3) is 5.91 Å². The van der Waals surface area contributed by atoms with Gasteiger partial charge in [-0.2, -0.15) is 0 Å². The van der Waals surface area contributed by atoms with E-state index in [4.69, 9.17) is 0 Å². The molecule has 1 fully saturated rings. The summed E-state index contributed by atoms with van der Waals surface area (Å²) < 4.78 is 57.2. The Hall–Kier alpha value is -3.28. The molecule has 1 atom stereocenters. The van der Waals surface area contributed by atoms with Crippen molar-refractivity contribution in [3.05, 3.63) is 99.3 Å². The third-order valence-electron chi connectivity index (χ3n) is 6.46. The van der Waals surface area contributed by atoms with Crippen LogP contribution in [0.4, 0.5) is 17.6 Å². The van der Waals surface area contributed by atoms with Crippen molar-refractivity contribution in [1.29, 1.82) is 0 Å². The fourth-order valence-electron chi connectivity index (χ4n) is 4.52. The van der Waals surface area contributed by atoms with Crippen LogP contribution >= 0.6 is 15.9 Å². The number of benzene rings is 3. The molecule has 1 aliphatic heterocycles. The Morgan fingerprint density at radius 1 is 0.973 bits per heavy atom. The monoisotopic (exact) mass is 575 g/mol. The Morgan fingerprint density at radius 2 is 1.68 bits per heavy atom. The molecule has 5 rings (SSSR count). The number of aromatic nitrogens is 2. The predicted octanol–water partition coefficient (Wildman–Crippen LogP) is 5.13. The molecular formula is C26H22BrF4N5O. The van der Waals surface area contributed by atoms with E-state index in [-0.39, 0.29) is 17.7 Å². The summed E-state index contributed by atoms with van der Waals surface area (Å²) >= 11 is 3.26. The first kappa shape index (κ1) is 25.4. The average Bonchev–Trinajstić information content (AvgIpc) is 3.27. The van der Waals surface area contributed by atoms with Gasteiger partial charge in [0, 0.05) is 49.4 Å². The van der Waals surface area contributed by atoms with Crippen molar-refractivity contribution in [2.75, 3.05) is 26.2 Å². The molecule has 192 valence electrons. The second-order valence-electron chi connectivity index (χ2n) is 8.80. The van der Waals surface area contributed by atoms with Crippen LogP contribution in [0.5, 0.6) is 0 Å². The number of amides is 1. The van der Waals surface area contributed by atoms with E-state index in [0.717, 1.165) is 12.1 Å². The Labute approximate surface area is 218 Å².